The average molecular weight is 284 g/mol. The molecule has 1 aromatic heterocycles. The summed E-state index contributed by atoms with van der Waals surface area (Å²) in [4.78, 5) is 4.26. The minimum absolute atomic E-state index is 0.490. The first-order valence-corrected chi connectivity index (χ1v) is 7.52. The molecule has 0 aliphatic rings. The number of hydrogen-bond acceptors (Lipinski definition) is 3. The molecular formula is C18H24N2O. The largest absolute Gasteiger partial charge is 0.481 e. The monoisotopic (exact) mass is 284 g/mol. The summed E-state index contributed by atoms with van der Waals surface area (Å²) >= 11 is 0. The summed E-state index contributed by atoms with van der Waals surface area (Å²) in [6.45, 7) is 0. The van der Waals surface area contributed by atoms with Gasteiger partial charge in [0, 0.05) is 18.3 Å². The molecular weight excluding hydrogens is 260 g/mol. The van der Waals surface area contributed by atoms with Crippen molar-refractivity contribution >= 4 is 0 Å². The predicted molar refractivity (Wildman–Crippen MR) is 86.7 cm³/mol. The quantitative estimate of drug-likeness (QED) is 0.808. The van der Waals surface area contributed by atoms with Crippen molar-refractivity contribution in [2.24, 2.45) is 0 Å². The lowest BCUT2D eigenvalue weighted by Gasteiger charge is -2.16. The highest BCUT2D eigenvalue weighted by Crippen LogP contribution is 2.12. The Morgan fingerprint density at radius 2 is 1.90 bits per heavy atom. The van der Waals surface area contributed by atoms with Crippen molar-refractivity contribution in [3.8, 4) is 5.88 Å². The average Bonchev–Trinajstić information content (AvgIpc) is 2.55. The summed E-state index contributed by atoms with van der Waals surface area (Å²) in [5.41, 5.74) is 2.66. The van der Waals surface area contributed by atoms with E-state index in [0.29, 0.717) is 11.9 Å². The van der Waals surface area contributed by atoms with Crippen LogP contribution in [0.3, 0.4) is 0 Å². The molecule has 1 aromatic carbocycles. The molecule has 1 unspecified atom stereocenters. The van der Waals surface area contributed by atoms with Crippen LogP contribution in [0.15, 0.2) is 48.7 Å². The lowest BCUT2D eigenvalue weighted by molar-refractivity contribution is 0.397. The number of rotatable bonds is 8. The van der Waals surface area contributed by atoms with Crippen LogP contribution in [0.1, 0.15) is 24.0 Å². The Balaban J connectivity index is 1.79. The van der Waals surface area contributed by atoms with Crippen molar-refractivity contribution in [2.75, 3.05) is 14.2 Å². The Kier molecular flexibility index (Phi) is 6.22. The molecule has 1 N–H and O–H groups in total. The fourth-order valence-corrected chi connectivity index (χ4v) is 2.48. The highest BCUT2D eigenvalue weighted by Gasteiger charge is 2.08. The summed E-state index contributed by atoms with van der Waals surface area (Å²) in [5.74, 6) is 0.670. The molecule has 0 amide bonds. The van der Waals surface area contributed by atoms with Crippen LogP contribution < -0.4 is 10.1 Å². The summed E-state index contributed by atoms with van der Waals surface area (Å²) in [6, 6.07) is 15.2. The minimum atomic E-state index is 0.490. The van der Waals surface area contributed by atoms with Gasteiger partial charge in [-0.15, -0.1) is 0 Å². The Labute approximate surface area is 127 Å². The van der Waals surface area contributed by atoms with Gasteiger partial charge in [-0.25, -0.2) is 4.98 Å². The van der Waals surface area contributed by atoms with Crippen LogP contribution in [0.25, 0.3) is 0 Å². The van der Waals surface area contributed by atoms with Crippen LogP contribution in [0.2, 0.25) is 0 Å². The number of pyridine rings is 1. The van der Waals surface area contributed by atoms with E-state index in [-0.39, 0.29) is 0 Å². The van der Waals surface area contributed by atoms with Gasteiger partial charge in [0.05, 0.1) is 7.11 Å². The molecule has 3 heteroatoms. The van der Waals surface area contributed by atoms with E-state index in [2.05, 4.69) is 46.7 Å². The van der Waals surface area contributed by atoms with Gasteiger partial charge in [0.1, 0.15) is 0 Å². The highest BCUT2D eigenvalue weighted by atomic mass is 16.5. The fraction of sp³-hybridized carbons (Fsp3) is 0.389. The van der Waals surface area contributed by atoms with Crippen LogP contribution >= 0.6 is 0 Å². The Morgan fingerprint density at radius 3 is 2.52 bits per heavy atom. The first kappa shape index (κ1) is 15.5. The molecule has 1 heterocycles. The summed E-state index contributed by atoms with van der Waals surface area (Å²) in [6.07, 6.45) is 6.40. The van der Waals surface area contributed by atoms with E-state index in [1.165, 1.54) is 17.5 Å². The van der Waals surface area contributed by atoms with Gasteiger partial charge in [0.2, 0.25) is 5.88 Å². The zero-order chi connectivity index (χ0) is 14.9. The SMILES string of the molecule is CNC(CCCc1ccccc1)Cc1ccc(OC)nc1. The molecule has 1 atom stereocenters. The second kappa shape index (κ2) is 8.42. The molecule has 0 aliphatic heterocycles. The Bertz CT molecular complexity index is 511. The van der Waals surface area contributed by atoms with Crippen LogP contribution in [-0.2, 0) is 12.8 Å². The third kappa shape index (κ3) is 5.20. The summed E-state index contributed by atoms with van der Waals surface area (Å²) in [7, 11) is 3.67. The van der Waals surface area contributed by atoms with E-state index >= 15 is 0 Å². The molecule has 0 spiro atoms. The third-order valence-corrected chi connectivity index (χ3v) is 3.76. The maximum Gasteiger partial charge on any atom is 0.212 e. The van der Waals surface area contributed by atoms with Gasteiger partial charge in [0.15, 0.2) is 0 Å². The summed E-state index contributed by atoms with van der Waals surface area (Å²) < 4.78 is 5.09. The summed E-state index contributed by atoms with van der Waals surface area (Å²) in [5, 5.41) is 3.41. The number of nitrogens with one attached hydrogen (secondary N) is 1. The zero-order valence-corrected chi connectivity index (χ0v) is 12.9. The molecule has 0 aliphatic carbocycles. The van der Waals surface area contributed by atoms with E-state index in [1.807, 2.05) is 19.3 Å². The molecule has 0 fully saturated rings. The lowest BCUT2D eigenvalue weighted by Crippen LogP contribution is -2.27. The van der Waals surface area contributed by atoms with Gasteiger partial charge in [-0.1, -0.05) is 36.4 Å². The van der Waals surface area contributed by atoms with Crippen molar-refractivity contribution < 1.29 is 4.74 Å². The van der Waals surface area contributed by atoms with Gasteiger partial charge >= 0.3 is 0 Å². The number of aryl methyl sites for hydroxylation is 1. The molecule has 2 rings (SSSR count). The first-order valence-electron chi connectivity index (χ1n) is 7.52. The molecule has 2 aromatic rings. The smallest absolute Gasteiger partial charge is 0.212 e. The number of likely N-dealkylation sites (N-methyl/N-ethyl adjacent to an activating group) is 1. The van der Waals surface area contributed by atoms with Crippen molar-refractivity contribution in [1.82, 2.24) is 10.3 Å². The van der Waals surface area contributed by atoms with Gasteiger partial charge in [0.25, 0.3) is 0 Å². The van der Waals surface area contributed by atoms with Crippen molar-refractivity contribution in [1.29, 1.82) is 0 Å². The van der Waals surface area contributed by atoms with E-state index in [9.17, 15) is 0 Å². The van der Waals surface area contributed by atoms with Crippen LogP contribution in [0, 0.1) is 0 Å². The molecule has 0 radical (unpaired) electrons. The maximum absolute atomic E-state index is 5.09. The van der Waals surface area contributed by atoms with Crippen LogP contribution in [0.5, 0.6) is 5.88 Å². The predicted octanol–water partition coefficient (Wildman–Crippen LogP) is 3.24. The number of methoxy groups -OCH3 is 1. The van der Waals surface area contributed by atoms with Crippen molar-refractivity contribution in [3.63, 3.8) is 0 Å². The van der Waals surface area contributed by atoms with Gasteiger partial charge < -0.3 is 10.1 Å². The van der Waals surface area contributed by atoms with Crippen LogP contribution in [0.4, 0.5) is 0 Å². The molecule has 112 valence electrons. The van der Waals surface area contributed by atoms with Crippen LogP contribution in [-0.4, -0.2) is 25.2 Å². The standard InChI is InChI=1S/C18H24N2O/c1-19-17(10-6-9-15-7-4-3-5-8-15)13-16-11-12-18(21-2)20-14-16/h3-5,7-8,11-12,14,17,19H,6,9-10,13H2,1-2H3. The molecule has 3 nitrogen and oxygen atoms in total. The number of hydrogen-bond donors (Lipinski definition) is 1. The van der Waals surface area contributed by atoms with E-state index in [4.69, 9.17) is 4.74 Å². The topological polar surface area (TPSA) is 34.1 Å². The lowest BCUT2D eigenvalue weighted by atomic mass is 10.00. The molecule has 0 bridgehead atoms. The van der Waals surface area contributed by atoms with Gasteiger partial charge in [-0.3, -0.25) is 0 Å². The van der Waals surface area contributed by atoms with Gasteiger partial charge in [-0.05, 0) is 43.9 Å². The van der Waals surface area contributed by atoms with E-state index in [1.54, 1.807) is 7.11 Å². The number of nitrogens with zero attached hydrogens (tertiary/aromatic N) is 1. The second-order valence-electron chi connectivity index (χ2n) is 5.28. The molecule has 0 saturated heterocycles. The number of ether oxygens (including phenoxy) is 1. The zero-order valence-electron chi connectivity index (χ0n) is 12.9. The minimum Gasteiger partial charge on any atom is -0.481 e. The van der Waals surface area contributed by atoms with Crippen molar-refractivity contribution in [3.05, 3.63) is 59.8 Å². The fourth-order valence-electron chi connectivity index (χ4n) is 2.48. The first-order chi connectivity index (χ1) is 10.3. The third-order valence-electron chi connectivity index (χ3n) is 3.76. The number of benzene rings is 1. The molecule has 21 heavy (non-hydrogen) atoms. The second-order valence-corrected chi connectivity index (χ2v) is 5.28. The van der Waals surface area contributed by atoms with E-state index < -0.39 is 0 Å². The van der Waals surface area contributed by atoms with Crippen molar-refractivity contribution in [2.45, 2.75) is 31.7 Å². The van der Waals surface area contributed by atoms with Gasteiger partial charge in [-0.2, -0.15) is 0 Å². The highest BCUT2D eigenvalue weighted by molar-refractivity contribution is 5.18. The Hall–Kier alpha value is -1.87. The normalized spacial score (nSPS) is 12.1. The number of aromatic nitrogens is 1. The Morgan fingerprint density at radius 1 is 1.10 bits per heavy atom. The van der Waals surface area contributed by atoms with E-state index in [0.717, 1.165) is 19.3 Å². The molecule has 0 saturated carbocycles. The maximum atomic E-state index is 5.09.